The van der Waals surface area contributed by atoms with Gasteiger partial charge in [-0.3, -0.25) is 14.4 Å². The Bertz CT molecular complexity index is 1040. The van der Waals surface area contributed by atoms with Crippen molar-refractivity contribution in [3.63, 3.8) is 0 Å². The van der Waals surface area contributed by atoms with E-state index in [2.05, 4.69) is 20.6 Å². The fourth-order valence-electron chi connectivity index (χ4n) is 2.76. The highest BCUT2D eigenvalue weighted by Crippen LogP contribution is 2.05. The van der Waals surface area contributed by atoms with Gasteiger partial charge < -0.3 is 15.6 Å². The van der Waals surface area contributed by atoms with Crippen molar-refractivity contribution in [3.8, 4) is 0 Å². The summed E-state index contributed by atoms with van der Waals surface area (Å²) in [6.07, 6.45) is 0.598. The molecule has 0 radical (unpaired) electrons. The van der Waals surface area contributed by atoms with E-state index in [1.165, 1.54) is 0 Å². The SMILES string of the molecule is Cc1ccc(C(=O)NCCC(=O)NCCc2nc3ccccc3c(=O)[nH]2)cc1. The molecule has 0 atom stereocenters. The lowest BCUT2D eigenvalue weighted by atomic mass is 10.1. The van der Waals surface area contributed by atoms with E-state index in [1.807, 2.05) is 25.1 Å². The molecule has 0 saturated heterocycles. The first-order chi connectivity index (χ1) is 13.5. The van der Waals surface area contributed by atoms with Crippen LogP contribution in [0.3, 0.4) is 0 Å². The van der Waals surface area contributed by atoms with Gasteiger partial charge in [0, 0.05) is 31.5 Å². The minimum absolute atomic E-state index is 0.174. The number of aromatic nitrogens is 2. The molecule has 0 saturated carbocycles. The highest BCUT2D eigenvalue weighted by atomic mass is 16.2. The van der Waals surface area contributed by atoms with Crippen molar-refractivity contribution in [3.05, 3.63) is 75.8 Å². The standard InChI is InChI=1S/C21H22N4O3/c1-14-6-8-15(9-7-14)20(27)23-13-11-19(26)22-12-10-18-24-17-5-3-2-4-16(17)21(28)25-18/h2-9H,10-13H2,1H3,(H,22,26)(H,23,27)(H,24,25,28). The molecule has 7 nitrogen and oxygen atoms in total. The van der Waals surface area contributed by atoms with Crippen LogP contribution >= 0.6 is 0 Å². The minimum Gasteiger partial charge on any atom is -0.356 e. The van der Waals surface area contributed by atoms with Crippen molar-refractivity contribution in [1.29, 1.82) is 0 Å². The number of nitrogens with one attached hydrogen (secondary N) is 3. The van der Waals surface area contributed by atoms with Gasteiger partial charge in [0.25, 0.3) is 11.5 Å². The Kier molecular flexibility index (Phi) is 6.16. The number of carbonyl (C=O) groups is 2. The number of amides is 2. The van der Waals surface area contributed by atoms with Crippen LogP contribution in [0.15, 0.2) is 53.3 Å². The van der Waals surface area contributed by atoms with Crippen LogP contribution in [0.25, 0.3) is 10.9 Å². The number of carbonyl (C=O) groups excluding carboxylic acids is 2. The molecule has 28 heavy (non-hydrogen) atoms. The normalized spacial score (nSPS) is 10.6. The Morgan fingerprint density at radius 1 is 1.00 bits per heavy atom. The predicted octanol–water partition coefficient (Wildman–Crippen LogP) is 1.71. The number of para-hydroxylation sites is 1. The van der Waals surface area contributed by atoms with Crippen LogP contribution in [-0.4, -0.2) is 34.9 Å². The number of benzene rings is 2. The molecule has 2 aromatic carbocycles. The number of rotatable bonds is 7. The fourth-order valence-corrected chi connectivity index (χ4v) is 2.76. The van der Waals surface area contributed by atoms with Gasteiger partial charge in [-0.25, -0.2) is 4.98 Å². The number of fused-ring (bicyclic) bond motifs is 1. The first-order valence-electron chi connectivity index (χ1n) is 9.12. The number of aromatic amines is 1. The minimum atomic E-state index is -0.203. The Morgan fingerprint density at radius 3 is 2.54 bits per heavy atom. The smallest absolute Gasteiger partial charge is 0.258 e. The molecule has 0 aliphatic carbocycles. The topological polar surface area (TPSA) is 104 Å². The van der Waals surface area contributed by atoms with Crippen molar-refractivity contribution in [2.75, 3.05) is 13.1 Å². The number of nitrogens with zero attached hydrogens (tertiary/aromatic N) is 1. The number of hydrogen-bond acceptors (Lipinski definition) is 4. The monoisotopic (exact) mass is 378 g/mol. The molecule has 2 amide bonds. The molecule has 0 spiro atoms. The summed E-state index contributed by atoms with van der Waals surface area (Å²) < 4.78 is 0. The quantitative estimate of drug-likeness (QED) is 0.582. The van der Waals surface area contributed by atoms with E-state index in [1.54, 1.807) is 30.3 Å². The molecule has 7 heteroatoms. The second kappa shape index (κ2) is 8.94. The summed E-state index contributed by atoms with van der Waals surface area (Å²) in [5, 5.41) is 6.03. The van der Waals surface area contributed by atoms with E-state index in [0.29, 0.717) is 35.3 Å². The van der Waals surface area contributed by atoms with Crippen LogP contribution in [0, 0.1) is 6.92 Å². The molecule has 0 unspecified atom stereocenters. The van der Waals surface area contributed by atoms with Gasteiger partial charge in [0.2, 0.25) is 5.91 Å². The third-order valence-electron chi connectivity index (χ3n) is 4.30. The van der Waals surface area contributed by atoms with Crippen molar-refractivity contribution in [1.82, 2.24) is 20.6 Å². The highest BCUT2D eigenvalue weighted by molar-refractivity contribution is 5.94. The summed E-state index contributed by atoms with van der Waals surface area (Å²) >= 11 is 0. The van der Waals surface area contributed by atoms with Gasteiger partial charge in [-0.2, -0.15) is 0 Å². The molecular formula is C21H22N4O3. The predicted molar refractivity (Wildman–Crippen MR) is 107 cm³/mol. The maximum Gasteiger partial charge on any atom is 0.258 e. The maximum absolute atomic E-state index is 12.0. The van der Waals surface area contributed by atoms with Crippen LogP contribution in [0.2, 0.25) is 0 Å². The first kappa shape index (κ1) is 19.3. The van der Waals surface area contributed by atoms with E-state index in [9.17, 15) is 14.4 Å². The molecule has 3 N–H and O–H groups in total. The van der Waals surface area contributed by atoms with Gasteiger partial charge in [-0.1, -0.05) is 29.8 Å². The molecular weight excluding hydrogens is 356 g/mol. The van der Waals surface area contributed by atoms with E-state index in [0.717, 1.165) is 5.56 Å². The Morgan fingerprint density at radius 2 is 1.75 bits per heavy atom. The van der Waals surface area contributed by atoms with E-state index < -0.39 is 0 Å². The molecule has 0 fully saturated rings. The number of hydrogen-bond donors (Lipinski definition) is 3. The summed E-state index contributed by atoms with van der Waals surface area (Å²) in [5.41, 5.74) is 2.09. The second-order valence-corrected chi connectivity index (χ2v) is 6.50. The highest BCUT2D eigenvalue weighted by Gasteiger charge is 2.07. The molecule has 1 heterocycles. The molecule has 3 rings (SSSR count). The number of aryl methyl sites for hydroxylation is 1. The van der Waals surface area contributed by atoms with Crippen LogP contribution in [0.4, 0.5) is 0 Å². The van der Waals surface area contributed by atoms with Crippen LogP contribution < -0.4 is 16.2 Å². The lowest BCUT2D eigenvalue weighted by molar-refractivity contribution is -0.120. The van der Waals surface area contributed by atoms with Gasteiger partial charge in [0.05, 0.1) is 10.9 Å². The average Bonchev–Trinajstić information content (AvgIpc) is 2.68. The summed E-state index contributed by atoms with van der Waals surface area (Å²) in [5.74, 6) is 0.148. The van der Waals surface area contributed by atoms with Crippen molar-refractivity contribution < 1.29 is 9.59 Å². The third kappa shape index (κ3) is 5.03. The van der Waals surface area contributed by atoms with Crippen LogP contribution in [-0.2, 0) is 11.2 Å². The lowest BCUT2D eigenvalue weighted by Crippen LogP contribution is -2.32. The maximum atomic E-state index is 12.0. The summed E-state index contributed by atoms with van der Waals surface area (Å²) in [6, 6.07) is 14.4. The molecule has 0 aliphatic heterocycles. The average molecular weight is 378 g/mol. The van der Waals surface area contributed by atoms with Crippen LogP contribution in [0.5, 0.6) is 0 Å². The Hall–Kier alpha value is -3.48. The zero-order valence-electron chi connectivity index (χ0n) is 15.6. The second-order valence-electron chi connectivity index (χ2n) is 6.50. The molecule has 0 bridgehead atoms. The summed E-state index contributed by atoms with van der Waals surface area (Å²) in [7, 11) is 0. The fraction of sp³-hybridized carbons (Fsp3) is 0.238. The lowest BCUT2D eigenvalue weighted by Gasteiger charge is -2.07. The van der Waals surface area contributed by atoms with E-state index in [-0.39, 0.29) is 30.3 Å². The van der Waals surface area contributed by atoms with Gasteiger partial charge in [-0.15, -0.1) is 0 Å². The van der Waals surface area contributed by atoms with E-state index >= 15 is 0 Å². The Balaban J connectivity index is 1.42. The van der Waals surface area contributed by atoms with E-state index in [4.69, 9.17) is 0 Å². The molecule has 1 aromatic heterocycles. The molecule has 0 aliphatic rings. The van der Waals surface area contributed by atoms with Gasteiger partial charge >= 0.3 is 0 Å². The zero-order chi connectivity index (χ0) is 19.9. The van der Waals surface area contributed by atoms with Crippen molar-refractivity contribution in [2.45, 2.75) is 19.8 Å². The largest absolute Gasteiger partial charge is 0.356 e. The molecule has 144 valence electrons. The van der Waals surface area contributed by atoms with Gasteiger partial charge in [-0.05, 0) is 31.2 Å². The molecule has 3 aromatic rings. The first-order valence-corrected chi connectivity index (χ1v) is 9.12. The summed E-state index contributed by atoms with van der Waals surface area (Å²) in [6.45, 7) is 2.56. The van der Waals surface area contributed by atoms with Crippen LogP contribution in [0.1, 0.15) is 28.2 Å². The number of H-pyrrole nitrogens is 1. The third-order valence-corrected chi connectivity index (χ3v) is 4.30. The van der Waals surface area contributed by atoms with Crippen molar-refractivity contribution >= 4 is 22.7 Å². The summed E-state index contributed by atoms with van der Waals surface area (Å²) in [4.78, 5) is 43.0. The van der Waals surface area contributed by atoms with Gasteiger partial charge in [0.15, 0.2) is 0 Å². The Labute approximate surface area is 162 Å². The van der Waals surface area contributed by atoms with Crippen molar-refractivity contribution in [2.24, 2.45) is 0 Å². The van der Waals surface area contributed by atoms with Gasteiger partial charge in [0.1, 0.15) is 5.82 Å². The zero-order valence-corrected chi connectivity index (χ0v) is 15.6.